The van der Waals surface area contributed by atoms with Gasteiger partial charge in [-0.2, -0.15) is 0 Å². The van der Waals surface area contributed by atoms with Crippen molar-refractivity contribution in [2.24, 2.45) is 0 Å². The molecule has 0 saturated carbocycles. The minimum atomic E-state index is -0.156. The second-order valence-electron chi connectivity index (χ2n) is 5.95. The molecule has 0 saturated heterocycles. The maximum Gasteiger partial charge on any atom is 0.255 e. The molecule has 0 heterocycles. The summed E-state index contributed by atoms with van der Waals surface area (Å²) in [5, 5.41) is 5.80. The molecule has 0 fully saturated rings. The predicted octanol–water partition coefficient (Wildman–Crippen LogP) is 4.68. The summed E-state index contributed by atoms with van der Waals surface area (Å²) >= 11 is 0. The van der Waals surface area contributed by atoms with Crippen LogP contribution in [0.5, 0.6) is 0 Å². The lowest BCUT2D eigenvalue weighted by Gasteiger charge is -2.12. The van der Waals surface area contributed by atoms with Crippen molar-refractivity contribution in [3.8, 4) is 0 Å². The summed E-state index contributed by atoms with van der Waals surface area (Å²) in [7, 11) is 0. The van der Waals surface area contributed by atoms with E-state index in [4.69, 9.17) is 0 Å². The van der Waals surface area contributed by atoms with Crippen LogP contribution in [-0.2, 0) is 4.79 Å². The maximum absolute atomic E-state index is 12.4. The normalized spacial score (nSPS) is 10.3. The number of benzene rings is 2. The van der Waals surface area contributed by atoms with E-state index in [-0.39, 0.29) is 11.8 Å². The number of rotatable bonds is 6. The zero-order chi connectivity index (χ0) is 17.5. The van der Waals surface area contributed by atoms with E-state index in [1.165, 1.54) is 0 Å². The summed E-state index contributed by atoms with van der Waals surface area (Å²) in [5.74, 6) is -0.152. The minimum Gasteiger partial charge on any atom is -0.326 e. The molecule has 4 nitrogen and oxygen atoms in total. The van der Waals surface area contributed by atoms with Crippen molar-refractivity contribution in [1.29, 1.82) is 0 Å². The van der Waals surface area contributed by atoms with Crippen LogP contribution in [-0.4, -0.2) is 11.8 Å². The Kier molecular flexibility index (Phi) is 6.13. The van der Waals surface area contributed by atoms with Crippen LogP contribution in [0.25, 0.3) is 0 Å². The van der Waals surface area contributed by atoms with Gasteiger partial charge in [0, 0.05) is 23.4 Å². The van der Waals surface area contributed by atoms with E-state index < -0.39 is 0 Å². The molecule has 0 radical (unpaired) electrons. The van der Waals surface area contributed by atoms with Crippen LogP contribution in [0.2, 0.25) is 0 Å². The standard InChI is InChI=1S/C20H24N2O2/c1-4-5-9-18(23)21-17-12-10-16(11-13-17)20(24)22-19-14(2)7-6-8-15(19)3/h6-8,10-13H,4-5,9H2,1-3H3,(H,21,23)(H,22,24). The van der Waals surface area contributed by atoms with Gasteiger partial charge in [0.05, 0.1) is 0 Å². The molecule has 0 aliphatic rings. The fourth-order valence-corrected chi connectivity index (χ4v) is 2.46. The summed E-state index contributed by atoms with van der Waals surface area (Å²) in [6, 6.07) is 12.9. The highest BCUT2D eigenvalue weighted by Gasteiger charge is 2.10. The number of nitrogens with one attached hydrogen (secondary N) is 2. The van der Waals surface area contributed by atoms with Gasteiger partial charge in [-0.05, 0) is 55.7 Å². The van der Waals surface area contributed by atoms with Gasteiger partial charge >= 0.3 is 0 Å². The number of anilines is 2. The lowest BCUT2D eigenvalue weighted by molar-refractivity contribution is -0.116. The molecule has 0 unspecified atom stereocenters. The highest BCUT2D eigenvalue weighted by molar-refractivity contribution is 6.05. The number of hydrogen-bond donors (Lipinski definition) is 2. The average Bonchev–Trinajstić information content (AvgIpc) is 2.57. The largest absolute Gasteiger partial charge is 0.326 e. The summed E-state index contributed by atoms with van der Waals surface area (Å²) in [5.41, 5.74) is 4.18. The number of carbonyl (C=O) groups excluding carboxylic acids is 2. The molecule has 2 rings (SSSR count). The number of carbonyl (C=O) groups is 2. The Bertz CT molecular complexity index is 701. The van der Waals surface area contributed by atoms with Crippen molar-refractivity contribution in [2.45, 2.75) is 40.0 Å². The molecule has 2 aromatic rings. The summed E-state index contributed by atoms with van der Waals surface area (Å²) < 4.78 is 0. The van der Waals surface area contributed by atoms with Crippen LogP contribution < -0.4 is 10.6 Å². The first kappa shape index (κ1) is 17.7. The topological polar surface area (TPSA) is 58.2 Å². The third-order valence-corrected chi connectivity index (χ3v) is 3.91. The number of amides is 2. The van der Waals surface area contributed by atoms with Crippen molar-refractivity contribution < 1.29 is 9.59 Å². The number of hydrogen-bond acceptors (Lipinski definition) is 2. The van der Waals surface area contributed by atoms with E-state index in [1.807, 2.05) is 32.0 Å². The second-order valence-corrected chi connectivity index (χ2v) is 5.95. The van der Waals surface area contributed by atoms with E-state index in [9.17, 15) is 9.59 Å². The van der Waals surface area contributed by atoms with Crippen LogP contribution in [0.4, 0.5) is 11.4 Å². The first-order valence-electron chi connectivity index (χ1n) is 8.28. The van der Waals surface area contributed by atoms with Crippen molar-refractivity contribution >= 4 is 23.2 Å². The van der Waals surface area contributed by atoms with Gasteiger partial charge in [0.15, 0.2) is 0 Å². The zero-order valence-electron chi connectivity index (χ0n) is 14.5. The lowest BCUT2D eigenvalue weighted by Crippen LogP contribution is -2.14. The molecular formula is C20H24N2O2. The highest BCUT2D eigenvalue weighted by atomic mass is 16.2. The lowest BCUT2D eigenvalue weighted by atomic mass is 10.1. The molecule has 2 N–H and O–H groups in total. The Morgan fingerprint density at radius 2 is 1.54 bits per heavy atom. The molecule has 4 heteroatoms. The molecule has 0 atom stereocenters. The van der Waals surface area contributed by atoms with Gasteiger partial charge in [-0.15, -0.1) is 0 Å². The van der Waals surface area contributed by atoms with Crippen molar-refractivity contribution in [3.63, 3.8) is 0 Å². The Morgan fingerprint density at radius 1 is 0.917 bits per heavy atom. The summed E-state index contributed by atoms with van der Waals surface area (Å²) in [4.78, 5) is 24.1. The van der Waals surface area contributed by atoms with E-state index in [1.54, 1.807) is 24.3 Å². The molecule has 2 amide bonds. The van der Waals surface area contributed by atoms with Crippen LogP contribution in [0.15, 0.2) is 42.5 Å². The fourth-order valence-electron chi connectivity index (χ4n) is 2.46. The van der Waals surface area contributed by atoms with Gasteiger partial charge in [0.1, 0.15) is 0 Å². The van der Waals surface area contributed by atoms with Gasteiger partial charge < -0.3 is 10.6 Å². The van der Waals surface area contributed by atoms with Gasteiger partial charge in [-0.25, -0.2) is 0 Å². The SMILES string of the molecule is CCCCC(=O)Nc1ccc(C(=O)Nc2c(C)cccc2C)cc1. The molecule has 2 aromatic carbocycles. The average molecular weight is 324 g/mol. The maximum atomic E-state index is 12.4. The Labute approximate surface area is 143 Å². The van der Waals surface area contributed by atoms with Gasteiger partial charge in [-0.1, -0.05) is 31.5 Å². The monoisotopic (exact) mass is 324 g/mol. The Morgan fingerprint density at radius 3 is 2.12 bits per heavy atom. The summed E-state index contributed by atoms with van der Waals surface area (Å²) in [6.07, 6.45) is 2.39. The Balaban J connectivity index is 2.02. The van der Waals surface area contributed by atoms with Gasteiger partial charge in [0.25, 0.3) is 5.91 Å². The highest BCUT2D eigenvalue weighted by Crippen LogP contribution is 2.20. The quantitative estimate of drug-likeness (QED) is 0.810. The smallest absolute Gasteiger partial charge is 0.255 e. The predicted molar refractivity (Wildman–Crippen MR) is 98.5 cm³/mol. The van der Waals surface area contributed by atoms with Crippen molar-refractivity contribution in [1.82, 2.24) is 0 Å². The molecule has 0 aliphatic carbocycles. The third-order valence-electron chi connectivity index (χ3n) is 3.91. The number of aryl methyl sites for hydroxylation is 2. The van der Waals surface area contributed by atoms with Crippen LogP contribution in [0.1, 0.15) is 47.7 Å². The first-order valence-corrected chi connectivity index (χ1v) is 8.28. The zero-order valence-corrected chi connectivity index (χ0v) is 14.5. The van der Waals surface area contributed by atoms with Crippen molar-refractivity contribution in [2.75, 3.05) is 10.6 Å². The summed E-state index contributed by atoms with van der Waals surface area (Å²) in [6.45, 7) is 5.99. The van der Waals surface area contributed by atoms with Crippen molar-refractivity contribution in [3.05, 3.63) is 59.2 Å². The fraction of sp³-hybridized carbons (Fsp3) is 0.300. The first-order chi connectivity index (χ1) is 11.5. The molecule has 24 heavy (non-hydrogen) atoms. The molecule has 0 aliphatic heterocycles. The minimum absolute atomic E-state index is 0.00425. The second kappa shape index (κ2) is 8.29. The van der Waals surface area contributed by atoms with Crippen LogP contribution in [0.3, 0.4) is 0 Å². The molecule has 0 spiro atoms. The molecule has 0 bridgehead atoms. The van der Waals surface area contributed by atoms with E-state index in [2.05, 4.69) is 17.6 Å². The number of para-hydroxylation sites is 1. The van der Waals surface area contributed by atoms with Gasteiger partial charge in [-0.3, -0.25) is 9.59 Å². The van der Waals surface area contributed by atoms with E-state index in [0.717, 1.165) is 29.7 Å². The van der Waals surface area contributed by atoms with Crippen LogP contribution in [0, 0.1) is 13.8 Å². The Hall–Kier alpha value is -2.62. The molecular weight excluding hydrogens is 300 g/mol. The molecule has 126 valence electrons. The number of unbranched alkanes of at least 4 members (excludes halogenated alkanes) is 1. The molecule has 0 aromatic heterocycles. The van der Waals surface area contributed by atoms with E-state index >= 15 is 0 Å². The van der Waals surface area contributed by atoms with Gasteiger partial charge in [0.2, 0.25) is 5.91 Å². The van der Waals surface area contributed by atoms with Crippen LogP contribution >= 0.6 is 0 Å². The third kappa shape index (κ3) is 4.69. The van der Waals surface area contributed by atoms with E-state index in [0.29, 0.717) is 17.7 Å².